The van der Waals surface area contributed by atoms with E-state index in [1.807, 2.05) is 54.6 Å². The van der Waals surface area contributed by atoms with Crippen molar-refractivity contribution in [3.05, 3.63) is 222 Å². The Morgan fingerprint density at radius 2 is 1.22 bits per heavy atom. The Kier molecular flexibility index (Phi) is 11.3. The third kappa shape index (κ3) is 10.2. The van der Waals surface area contributed by atoms with Gasteiger partial charge in [0.1, 0.15) is 5.82 Å². The van der Waals surface area contributed by atoms with Gasteiger partial charge in [0.15, 0.2) is 0 Å². The Bertz CT molecular complexity index is 4370. The van der Waals surface area contributed by atoms with Gasteiger partial charge in [-0.15, -0.1) is 29.7 Å². The number of fused-ring (bicyclic) bond motifs is 4. The van der Waals surface area contributed by atoms with Crippen molar-refractivity contribution in [1.29, 1.82) is 0 Å². The number of para-hydroxylation sites is 2. The van der Waals surface area contributed by atoms with E-state index in [-0.39, 0.29) is 65.2 Å². The first-order chi connectivity index (χ1) is 39.4. The first-order valence-electron chi connectivity index (χ1n) is 30.0. The maximum absolute atomic E-state index is 8.69. The number of aryl methyl sites for hydroxylation is 1. The Morgan fingerprint density at radius 3 is 1.91 bits per heavy atom. The zero-order valence-electron chi connectivity index (χ0n) is 53.9. The molecule has 8 aromatic carbocycles. The molecule has 77 heavy (non-hydrogen) atoms. The van der Waals surface area contributed by atoms with E-state index in [0.29, 0.717) is 22.7 Å². The van der Waals surface area contributed by atoms with Gasteiger partial charge in [-0.05, 0) is 113 Å². The van der Waals surface area contributed by atoms with Crippen molar-refractivity contribution in [2.75, 3.05) is 0 Å². The van der Waals surface area contributed by atoms with Gasteiger partial charge in [-0.25, -0.2) is 4.98 Å². The van der Waals surface area contributed by atoms with Crippen LogP contribution in [0.5, 0.6) is 11.5 Å². The minimum atomic E-state index is -2.76. The van der Waals surface area contributed by atoms with Crippen molar-refractivity contribution >= 4 is 32.8 Å². The summed E-state index contributed by atoms with van der Waals surface area (Å²) in [5.74, 6) is 1.00. The summed E-state index contributed by atoms with van der Waals surface area (Å²) < 4.78 is 81.0. The molecule has 0 fully saturated rings. The Balaban J connectivity index is 0.00000803. The van der Waals surface area contributed by atoms with E-state index >= 15 is 0 Å². The molecule has 0 unspecified atom stereocenters. The second-order valence-electron chi connectivity index (χ2n) is 24.1. The van der Waals surface area contributed by atoms with E-state index in [2.05, 4.69) is 190 Å². The summed E-state index contributed by atoms with van der Waals surface area (Å²) in [6.45, 7) is 24.3. The van der Waals surface area contributed by atoms with Gasteiger partial charge in [0, 0.05) is 54.0 Å². The van der Waals surface area contributed by atoms with Crippen LogP contribution in [0.15, 0.2) is 176 Å². The summed E-state index contributed by atoms with van der Waals surface area (Å²) >= 11 is 0. The smallest absolute Gasteiger partial charge is 0.268 e. The molecule has 390 valence electrons. The zero-order chi connectivity index (χ0) is 60.3. The fourth-order valence-corrected chi connectivity index (χ4v) is 10.1. The molecule has 0 bridgehead atoms. The van der Waals surface area contributed by atoms with Crippen molar-refractivity contribution in [1.82, 2.24) is 14.1 Å². The molecular formula is C71H68N4OPt-2. The molecule has 0 aliphatic rings. The van der Waals surface area contributed by atoms with Gasteiger partial charge in [-0.1, -0.05) is 210 Å². The van der Waals surface area contributed by atoms with Crippen LogP contribution in [0.2, 0.25) is 0 Å². The van der Waals surface area contributed by atoms with Crippen LogP contribution in [-0.2, 0) is 42.7 Å². The van der Waals surface area contributed by atoms with Crippen LogP contribution in [0, 0.1) is 25.3 Å². The third-order valence-electron chi connectivity index (χ3n) is 14.4. The van der Waals surface area contributed by atoms with E-state index in [0.717, 1.165) is 55.3 Å². The van der Waals surface area contributed by atoms with Crippen molar-refractivity contribution in [2.24, 2.45) is 0 Å². The van der Waals surface area contributed by atoms with E-state index < -0.39 is 37.1 Å². The van der Waals surface area contributed by atoms with Crippen molar-refractivity contribution < 1.29 is 41.3 Å². The number of pyridine rings is 1. The van der Waals surface area contributed by atoms with Crippen molar-refractivity contribution in [3.8, 4) is 62.1 Å². The molecule has 0 N–H and O–H groups in total. The van der Waals surface area contributed by atoms with Crippen molar-refractivity contribution in [2.45, 2.75) is 112 Å². The van der Waals surface area contributed by atoms with E-state index in [9.17, 15) is 0 Å². The molecule has 3 aromatic heterocycles. The van der Waals surface area contributed by atoms with E-state index in [4.69, 9.17) is 20.7 Å². The second-order valence-corrected chi connectivity index (χ2v) is 24.1. The summed E-state index contributed by atoms with van der Waals surface area (Å²) in [5.41, 5.74) is 13.2. The molecule has 0 aliphatic carbocycles. The first-order valence-corrected chi connectivity index (χ1v) is 26.0. The molecule has 0 aliphatic heterocycles. The number of aromatic nitrogens is 4. The fraction of sp³-hybridized carbons (Fsp3) is 0.239. The topological polar surface area (TPSA) is 35.9 Å². The van der Waals surface area contributed by atoms with Gasteiger partial charge in [-0.2, -0.15) is 18.2 Å². The van der Waals surface area contributed by atoms with E-state index in [1.165, 1.54) is 34.5 Å². The summed E-state index contributed by atoms with van der Waals surface area (Å²) in [6, 6.07) is 52.2. The van der Waals surface area contributed by atoms with Crippen LogP contribution in [0.1, 0.15) is 122 Å². The minimum absolute atomic E-state index is 0. The van der Waals surface area contributed by atoms with Gasteiger partial charge in [0.05, 0.1) is 23.6 Å². The second kappa shape index (κ2) is 19.9. The third-order valence-corrected chi connectivity index (χ3v) is 14.4. The zero-order valence-corrected chi connectivity index (χ0v) is 48.1. The fourth-order valence-electron chi connectivity index (χ4n) is 10.1. The van der Waals surface area contributed by atoms with E-state index in [1.54, 1.807) is 4.57 Å². The molecule has 11 rings (SSSR count). The molecule has 0 spiro atoms. The van der Waals surface area contributed by atoms with Gasteiger partial charge in [0.25, 0.3) is 6.33 Å². The Morgan fingerprint density at radius 1 is 0.545 bits per heavy atom. The monoisotopic (exact) mass is 1200 g/mol. The molecule has 11 aromatic rings. The summed E-state index contributed by atoms with van der Waals surface area (Å²) in [4.78, 5) is 4.75. The Labute approximate surface area is 481 Å². The number of benzene rings is 8. The Hall–Kier alpha value is -7.33. The summed E-state index contributed by atoms with van der Waals surface area (Å²) in [5, 5.41) is 1.66. The molecule has 0 amide bonds. The average Bonchev–Trinajstić information content (AvgIpc) is 3.67. The number of imidazole rings is 1. The van der Waals surface area contributed by atoms with Crippen LogP contribution < -0.4 is 9.30 Å². The van der Waals surface area contributed by atoms with Crippen LogP contribution in [-0.4, -0.2) is 14.1 Å². The molecular weight excluding hydrogens is 1120 g/mol. The van der Waals surface area contributed by atoms with Crippen LogP contribution in [0.25, 0.3) is 83.4 Å². The normalized spacial score (nSPS) is 14.0. The predicted octanol–water partition coefficient (Wildman–Crippen LogP) is 18.1. The molecule has 0 saturated carbocycles. The van der Waals surface area contributed by atoms with Gasteiger partial charge in [-0.3, -0.25) is 4.57 Å². The van der Waals surface area contributed by atoms with Gasteiger partial charge < -0.3 is 13.9 Å². The maximum atomic E-state index is 8.69. The molecule has 0 saturated heterocycles. The minimum Gasteiger partial charge on any atom is -0.510 e. The molecule has 5 nitrogen and oxygen atoms in total. The average molecular weight is 1200 g/mol. The largest absolute Gasteiger partial charge is 0.510 e. The van der Waals surface area contributed by atoms with Crippen LogP contribution >= 0.6 is 0 Å². The first kappa shape index (κ1) is 43.7. The molecule has 6 heteroatoms. The SMILES string of the molecule is [2H]c1c([2H])c([2H])c(-c2cnc(-n3c4[c-]c(Oc5[c-]c(-n6[c-][n+](-c7c(-c8cc(C(C)(C)C)cc(C(C)(C)C)c8)cccc7C(C)(C)C)c7ccc(-c8ccc(C(C)(C)C)cc8)cc76)ccc5)ccc4c4ccccc43)cc2C([2H])([2H])[2H])c([2H])c1[2H].[Pt]. The van der Waals surface area contributed by atoms with Gasteiger partial charge >= 0.3 is 0 Å². The molecule has 0 radical (unpaired) electrons. The number of hydrogen-bond acceptors (Lipinski definition) is 2. The van der Waals surface area contributed by atoms with Crippen LogP contribution in [0.4, 0.5) is 0 Å². The number of ether oxygens (including phenoxy) is 1. The standard InChI is InChI=1S/C71H68N4O.Pt/c1-46-37-66(72-44-60(46)48-21-15-14-16-22-48)75-62-28-18-17-25-58(62)59-35-34-56(43-64(59)75)76-55-24-19-23-54(42-55)73-45-74(63-36-31-49(40-65(63)73)47-29-32-51(33-30-47)68(2,3)4)67-57(26-20-27-61(67)71(11,12)13)50-38-52(69(5,6)7)41-53(39-50)70(8,9)10;/h14-41,44H,1-13H3;/q-2;/i1D3,14D,15D,16D,21D,22D;. The number of hydrogen-bond donors (Lipinski definition) is 0. The maximum Gasteiger partial charge on any atom is 0.268 e. The number of nitrogens with zero attached hydrogens (tertiary/aromatic N) is 4. The molecule has 3 heterocycles. The summed E-state index contributed by atoms with van der Waals surface area (Å²) in [7, 11) is 0. The molecule has 0 atom stereocenters. The van der Waals surface area contributed by atoms with Gasteiger partial charge in [0.2, 0.25) is 0 Å². The predicted molar refractivity (Wildman–Crippen MR) is 316 cm³/mol. The van der Waals surface area contributed by atoms with Crippen LogP contribution in [0.3, 0.4) is 0 Å². The van der Waals surface area contributed by atoms with Crippen molar-refractivity contribution in [3.63, 3.8) is 0 Å². The quantitative estimate of drug-likeness (QED) is 0.112. The number of rotatable bonds is 8. The summed E-state index contributed by atoms with van der Waals surface area (Å²) in [6.07, 6.45) is 5.16.